The number of hydrogen-bond donors (Lipinski definition) is 2. The first kappa shape index (κ1) is 28.0. The molecule has 0 unspecified atom stereocenters. The number of carbonyl (C=O) groups is 1. The van der Waals surface area contributed by atoms with Crippen LogP contribution in [0.15, 0.2) is 53.4 Å². The van der Waals surface area contributed by atoms with E-state index < -0.39 is 34.0 Å². The molecule has 0 aromatic heterocycles. The van der Waals surface area contributed by atoms with E-state index in [2.05, 4.69) is 5.32 Å². The summed E-state index contributed by atoms with van der Waals surface area (Å²) in [5.41, 5.74) is 0.0207. The van der Waals surface area contributed by atoms with Crippen molar-refractivity contribution < 1.29 is 27.4 Å². The highest BCUT2D eigenvalue weighted by molar-refractivity contribution is 7.89. The molecule has 2 aromatic carbocycles. The van der Waals surface area contributed by atoms with Crippen LogP contribution in [-0.2, 0) is 14.8 Å². The molecule has 2 rings (SSSR count). The normalized spacial score (nSPS) is 14.5. The minimum Gasteiger partial charge on any atom is -0.394 e. The van der Waals surface area contributed by atoms with Gasteiger partial charge in [-0.3, -0.25) is 0 Å². The number of amides is 2. The molecule has 0 radical (unpaired) electrons. The largest absolute Gasteiger partial charge is 0.394 e. The fourth-order valence-electron chi connectivity index (χ4n) is 3.36. The Bertz CT molecular complexity index is 1050. The van der Waals surface area contributed by atoms with Gasteiger partial charge in [-0.25, -0.2) is 17.6 Å². The molecule has 2 amide bonds. The third-order valence-corrected chi connectivity index (χ3v) is 7.64. The predicted molar refractivity (Wildman–Crippen MR) is 130 cm³/mol. The van der Waals surface area contributed by atoms with Crippen LogP contribution in [0.1, 0.15) is 13.8 Å². The number of likely N-dealkylation sites (N-methyl/N-ethyl adjacent to an activating group) is 1. The van der Waals surface area contributed by atoms with Gasteiger partial charge < -0.3 is 20.1 Å². The molecule has 3 atom stereocenters. The number of sulfonamides is 1. The Hall–Kier alpha value is -2.24. The number of halogens is 2. The van der Waals surface area contributed by atoms with Gasteiger partial charge in [0.2, 0.25) is 10.0 Å². The lowest BCUT2D eigenvalue weighted by Gasteiger charge is -2.34. The van der Waals surface area contributed by atoms with Crippen molar-refractivity contribution in [2.45, 2.75) is 30.9 Å². The van der Waals surface area contributed by atoms with E-state index in [4.69, 9.17) is 16.3 Å². The molecule has 11 heteroatoms. The molecule has 8 nitrogen and oxygen atoms in total. The van der Waals surface area contributed by atoms with Gasteiger partial charge in [0.15, 0.2) is 0 Å². The van der Waals surface area contributed by atoms with Crippen LogP contribution in [0.25, 0.3) is 0 Å². The summed E-state index contributed by atoms with van der Waals surface area (Å²) in [7, 11) is -0.878. The van der Waals surface area contributed by atoms with Gasteiger partial charge in [-0.2, -0.15) is 4.31 Å². The zero-order valence-electron chi connectivity index (χ0n) is 19.6. The smallest absolute Gasteiger partial charge is 0.322 e. The minimum atomic E-state index is -3.79. The van der Waals surface area contributed by atoms with Crippen molar-refractivity contribution in [3.8, 4) is 0 Å². The zero-order chi connectivity index (χ0) is 25.5. The number of nitrogens with one attached hydrogen (secondary N) is 1. The summed E-state index contributed by atoms with van der Waals surface area (Å²) in [6.07, 6.45) is -0.568. The van der Waals surface area contributed by atoms with Crippen molar-refractivity contribution in [1.82, 2.24) is 9.21 Å². The summed E-state index contributed by atoms with van der Waals surface area (Å²) in [6, 6.07) is 10.5. The van der Waals surface area contributed by atoms with E-state index in [1.807, 2.05) is 6.92 Å². The average Bonchev–Trinajstić information content (AvgIpc) is 2.81. The van der Waals surface area contributed by atoms with E-state index in [-0.39, 0.29) is 36.2 Å². The lowest BCUT2D eigenvalue weighted by Crippen LogP contribution is -2.49. The van der Waals surface area contributed by atoms with Crippen LogP contribution in [0.2, 0.25) is 5.02 Å². The summed E-state index contributed by atoms with van der Waals surface area (Å²) in [4.78, 5) is 14.4. The molecular weight excluding hydrogens is 485 g/mol. The molecule has 0 spiro atoms. The molecule has 34 heavy (non-hydrogen) atoms. The van der Waals surface area contributed by atoms with E-state index in [0.29, 0.717) is 5.02 Å². The number of carbonyl (C=O) groups excluding carboxylic acids is 1. The highest BCUT2D eigenvalue weighted by Gasteiger charge is 2.30. The van der Waals surface area contributed by atoms with Gasteiger partial charge >= 0.3 is 6.03 Å². The molecule has 0 fully saturated rings. The second-order valence-electron chi connectivity index (χ2n) is 8.08. The van der Waals surface area contributed by atoms with Gasteiger partial charge in [0.1, 0.15) is 5.82 Å². The Balaban J connectivity index is 2.14. The van der Waals surface area contributed by atoms with E-state index in [1.165, 1.54) is 65.8 Å². The van der Waals surface area contributed by atoms with Gasteiger partial charge in [0, 0.05) is 38.2 Å². The first-order chi connectivity index (χ1) is 16.0. The highest BCUT2D eigenvalue weighted by Crippen LogP contribution is 2.21. The first-order valence-electron chi connectivity index (χ1n) is 10.7. The third kappa shape index (κ3) is 7.13. The molecule has 2 N–H and O–H groups in total. The predicted octanol–water partition coefficient (Wildman–Crippen LogP) is 3.67. The fourth-order valence-corrected chi connectivity index (χ4v) is 4.67. The molecule has 0 aliphatic heterocycles. The van der Waals surface area contributed by atoms with Crippen molar-refractivity contribution in [3.63, 3.8) is 0 Å². The molecule has 0 saturated carbocycles. The molecule has 0 aliphatic carbocycles. The molecule has 0 heterocycles. The number of rotatable bonds is 11. The Labute approximate surface area is 205 Å². The first-order valence-corrected chi connectivity index (χ1v) is 12.5. The Morgan fingerprint density at radius 2 is 1.76 bits per heavy atom. The van der Waals surface area contributed by atoms with Crippen molar-refractivity contribution >= 4 is 33.3 Å². The number of aliphatic hydroxyl groups is 1. The van der Waals surface area contributed by atoms with Gasteiger partial charge in [0.05, 0.1) is 29.3 Å². The van der Waals surface area contributed by atoms with Crippen molar-refractivity contribution in [3.05, 3.63) is 59.4 Å². The van der Waals surface area contributed by atoms with Crippen molar-refractivity contribution in [2.75, 3.05) is 39.2 Å². The highest BCUT2D eigenvalue weighted by atomic mass is 35.5. The summed E-state index contributed by atoms with van der Waals surface area (Å²) in [6.45, 7) is 3.32. The van der Waals surface area contributed by atoms with E-state index in [1.54, 1.807) is 13.0 Å². The monoisotopic (exact) mass is 515 g/mol. The van der Waals surface area contributed by atoms with Gasteiger partial charge in [-0.1, -0.05) is 30.7 Å². The second kappa shape index (κ2) is 12.5. The maximum Gasteiger partial charge on any atom is 0.322 e. The van der Waals surface area contributed by atoms with Crippen LogP contribution in [0.5, 0.6) is 0 Å². The Morgan fingerprint density at radius 1 is 1.15 bits per heavy atom. The number of nitrogens with zero attached hydrogens (tertiary/aromatic N) is 2. The number of aliphatic hydroxyl groups excluding tert-OH is 1. The molecular formula is C23H31ClFN3O5S. The number of ether oxygens (including phenoxy) is 1. The SMILES string of the molecule is CO[C@@H](CN(C)S(=O)(=O)c1ccc(Cl)cc1)[C@@H](C)CN(C(=O)Nc1ccccc1F)[C@H](C)CO. The van der Waals surface area contributed by atoms with Gasteiger partial charge in [-0.15, -0.1) is 0 Å². The maximum atomic E-state index is 14.0. The molecule has 0 saturated heterocycles. The van der Waals surface area contributed by atoms with Gasteiger partial charge in [0.25, 0.3) is 0 Å². The number of benzene rings is 2. The maximum absolute atomic E-state index is 14.0. The standard InChI is InChI=1S/C23H31ClFN3O5S/c1-16(13-28(17(2)15-29)23(30)26-21-8-6-5-7-20(21)25)22(33-4)14-27(3)34(31,32)19-11-9-18(24)10-12-19/h5-12,16-17,22,29H,13-15H2,1-4H3,(H,26,30)/t16-,17+,22-/m0/s1. The van der Waals surface area contributed by atoms with Gasteiger partial charge in [-0.05, 0) is 43.3 Å². The lowest BCUT2D eigenvalue weighted by molar-refractivity contribution is 0.0305. The van der Waals surface area contributed by atoms with Crippen LogP contribution in [0, 0.1) is 11.7 Å². The van der Waals surface area contributed by atoms with Crippen molar-refractivity contribution in [1.29, 1.82) is 0 Å². The Morgan fingerprint density at radius 3 is 2.32 bits per heavy atom. The molecule has 188 valence electrons. The number of para-hydroxylation sites is 1. The second-order valence-corrected chi connectivity index (χ2v) is 10.6. The summed E-state index contributed by atoms with van der Waals surface area (Å²) in [5.74, 6) is -0.905. The van der Waals surface area contributed by atoms with E-state index in [9.17, 15) is 22.7 Å². The van der Waals surface area contributed by atoms with Crippen molar-refractivity contribution in [2.24, 2.45) is 5.92 Å². The molecule has 0 bridgehead atoms. The number of methoxy groups -OCH3 is 1. The minimum absolute atomic E-state index is 0.0207. The average molecular weight is 516 g/mol. The van der Waals surface area contributed by atoms with E-state index >= 15 is 0 Å². The van der Waals surface area contributed by atoms with Crippen LogP contribution in [-0.4, -0.2) is 74.8 Å². The number of hydrogen-bond acceptors (Lipinski definition) is 5. The molecule has 0 aliphatic rings. The van der Waals surface area contributed by atoms with E-state index in [0.717, 1.165) is 0 Å². The number of anilines is 1. The summed E-state index contributed by atoms with van der Waals surface area (Å²) >= 11 is 5.86. The summed E-state index contributed by atoms with van der Waals surface area (Å²) < 4.78 is 46.6. The Kier molecular flexibility index (Phi) is 10.3. The van der Waals surface area contributed by atoms with Crippen LogP contribution >= 0.6 is 11.6 Å². The molecule has 2 aromatic rings. The number of urea groups is 1. The van der Waals surface area contributed by atoms with Crippen LogP contribution in [0.3, 0.4) is 0 Å². The third-order valence-electron chi connectivity index (χ3n) is 5.55. The zero-order valence-corrected chi connectivity index (χ0v) is 21.2. The quantitative estimate of drug-likeness (QED) is 0.476. The van der Waals surface area contributed by atoms with Crippen LogP contribution in [0.4, 0.5) is 14.9 Å². The topological polar surface area (TPSA) is 99.2 Å². The lowest BCUT2D eigenvalue weighted by atomic mass is 10.0. The summed E-state index contributed by atoms with van der Waals surface area (Å²) in [5, 5.41) is 12.6. The fraction of sp³-hybridized carbons (Fsp3) is 0.435. The van der Waals surface area contributed by atoms with Crippen LogP contribution < -0.4 is 5.32 Å².